The maximum absolute atomic E-state index is 12.5. The molecule has 2 aromatic rings. The number of rotatable bonds is 5. The molecule has 0 spiro atoms. The highest BCUT2D eigenvalue weighted by Gasteiger charge is 2.24. The molecule has 1 atom stereocenters. The number of amides is 2. The van der Waals surface area contributed by atoms with Crippen LogP contribution >= 0.6 is 0 Å². The molecule has 0 saturated carbocycles. The molecular formula is C18H23N3O3. The fourth-order valence-electron chi connectivity index (χ4n) is 3.11. The molecule has 0 fully saturated rings. The Morgan fingerprint density at radius 2 is 2.21 bits per heavy atom. The van der Waals surface area contributed by atoms with Crippen molar-refractivity contribution in [3.05, 3.63) is 40.9 Å². The lowest BCUT2D eigenvalue weighted by molar-refractivity contribution is 0.208. The molecule has 3 rings (SSSR count). The van der Waals surface area contributed by atoms with Gasteiger partial charge in [0.2, 0.25) is 0 Å². The van der Waals surface area contributed by atoms with Crippen molar-refractivity contribution in [3.8, 4) is 0 Å². The van der Waals surface area contributed by atoms with Crippen molar-refractivity contribution in [2.45, 2.75) is 45.7 Å². The summed E-state index contributed by atoms with van der Waals surface area (Å²) in [4.78, 5) is 26.1. The maximum atomic E-state index is 12.5. The van der Waals surface area contributed by atoms with Crippen molar-refractivity contribution in [2.24, 2.45) is 0 Å². The number of carbonyl (C=O) groups is 1. The van der Waals surface area contributed by atoms with Gasteiger partial charge in [-0.05, 0) is 25.5 Å². The van der Waals surface area contributed by atoms with Gasteiger partial charge in [-0.2, -0.15) is 0 Å². The Labute approximate surface area is 140 Å². The van der Waals surface area contributed by atoms with Gasteiger partial charge in [0.15, 0.2) is 5.58 Å². The first-order valence-electron chi connectivity index (χ1n) is 8.51. The van der Waals surface area contributed by atoms with E-state index in [0.717, 1.165) is 24.8 Å². The zero-order valence-corrected chi connectivity index (χ0v) is 14.1. The van der Waals surface area contributed by atoms with Gasteiger partial charge in [-0.25, -0.2) is 9.59 Å². The minimum Gasteiger partial charge on any atom is -0.408 e. The van der Waals surface area contributed by atoms with Crippen LogP contribution in [0.25, 0.3) is 11.1 Å². The lowest BCUT2D eigenvalue weighted by atomic mass is 10.1. The van der Waals surface area contributed by atoms with E-state index in [-0.39, 0.29) is 17.8 Å². The van der Waals surface area contributed by atoms with Crippen LogP contribution in [0.4, 0.5) is 10.5 Å². The van der Waals surface area contributed by atoms with Gasteiger partial charge in [0.05, 0.1) is 11.6 Å². The predicted molar refractivity (Wildman–Crippen MR) is 94.3 cm³/mol. The first-order valence-corrected chi connectivity index (χ1v) is 8.51. The van der Waals surface area contributed by atoms with Crippen molar-refractivity contribution < 1.29 is 9.21 Å². The van der Waals surface area contributed by atoms with Crippen molar-refractivity contribution in [1.82, 2.24) is 9.47 Å². The summed E-state index contributed by atoms with van der Waals surface area (Å²) < 4.78 is 6.80. The summed E-state index contributed by atoms with van der Waals surface area (Å²) >= 11 is 0. The van der Waals surface area contributed by atoms with E-state index >= 15 is 0 Å². The van der Waals surface area contributed by atoms with Crippen molar-refractivity contribution in [2.75, 3.05) is 11.9 Å². The molecule has 6 heteroatoms. The molecule has 6 nitrogen and oxygen atoms in total. The molecule has 1 aromatic carbocycles. The summed E-state index contributed by atoms with van der Waals surface area (Å²) in [5.41, 5.74) is 1.86. The minimum atomic E-state index is -0.376. The van der Waals surface area contributed by atoms with Crippen LogP contribution in [-0.4, -0.2) is 28.1 Å². The summed E-state index contributed by atoms with van der Waals surface area (Å²) in [7, 11) is 0. The monoisotopic (exact) mass is 329 g/mol. The number of unbranched alkanes of at least 4 members (excludes halogenated alkanes) is 1. The van der Waals surface area contributed by atoms with E-state index in [0.29, 0.717) is 24.4 Å². The van der Waals surface area contributed by atoms with Gasteiger partial charge in [0.1, 0.15) is 0 Å². The van der Waals surface area contributed by atoms with E-state index in [1.54, 1.807) is 22.8 Å². The molecule has 1 aliphatic heterocycles. The smallest absolute Gasteiger partial charge is 0.408 e. The Morgan fingerprint density at radius 1 is 1.38 bits per heavy atom. The third-order valence-corrected chi connectivity index (χ3v) is 4.41. The highest BCUT2D eigenvalue weighted by molar-refractivity contribution is 5.92. The van der Waals surface area contributed by atoms with Gasteiger partial charge < -0.3 is 14.6 Å². The van der Waals surface area contributed by atoms with Gasteiger partial charge in [-0.15, -0.1) is 0 Å². The highest BCUT2D eigenvalue weighted by atomic mass is 16.4. The van der Waals surface area contributed by atoms with Crippen LogP contribution in [0.15, 0.2) is 39.6 Å². The molecular weight excluding hydrogens is 306 g/mol. The molecule has 2 heterocycles. The number of benzene rings is 1. The number of oxazole rings is 1. The minimum absolute atomic E-state index is 0.127. The number of carbonyl (C=O) groups excluding carboxylic acids is 1. The maximum Gasteiger partial charge on any atom is 0.419 e. The van der Waals surface area contributed by atoms with Crippen molar-refractivity contribution in [1.29, 1.82) is 0 Å². The van der Waals surface area contributed by atoms with Gasteiger partial charge in [-0.1, -0.05) is 31.9 Å². The van der Waals surface area contributed by atoms with E-state index in [4.69, 9.17) is 4.42 Å². The molecule has 0 saturated heterocycles. The molecule has 1 unspecified atom stereocenters. The van der Waals surface area contributed by atoms with Crippen molar-refractivity contribution >= 4 is 22.8 Å². The van der Waals surface area contributed by atoms with E-state index in [9.17, 15) is 9.59 Å². The molecule has 0 radical (unpaired) electrons. The van der Waals surface area contributed by atoms with Crippen LogP contribution in [0.5, 0.6) is 0 Å². The van der Waals surface area contributed by atoms with Crippen LogP contribution < -0.4 is 11.1 Å². The molecule has 2 amide bonds. The Hall–Kier alpha value is -2.50. The van der Waals surface area contributed by atoms with Gasteiger partial charge >= 0.3 is 11.8 Å². The normalized spacial score (nSPS) is 16.9. The number of nitrogens with one attached hydrogen (secondary N) is 1. The number of aryl methyl sites for hydroxylation is 1. The standard InChI is InChI=1S/C18H23N3O3/c1-3-5-7-14-8-6-11-21(14)17(22)19-13-9-10-15-16(12-13)24-18(23)20(15)4-2/h6,8-10,12,14H,3-5,7,11H2,1-2H3,(H,19,22). The summed E-state index contributed by atoms with van der Waals surface area (Å²) in [6.45, 7) is 5.22. The average Bonchev–Trinajstić information content (AvgIpc) is 3.15. The SMILES string of the molecule is CCCCC1C=CCN1C(=O)Nc1ccc2c(c1)oc(=O)n2CC. The summed E-state index contributed by atoms with van der Waals surface area (Å²) in [5.74, 6) is -0.376. The van der Waals surface area contributed by atoms with Crippen LogP contribution in [0.1, 0.15) is 33.1 Å². The van der Waals surface area contributed by atoms with Crippen molar-refractivity contribution in [3.63, 3.8) is 0 Å². The molecule has 1 N–H and O–H groups in total. The number of hydrogen-bond acceptors (Lipinski definition) is 3. The van der Waals surface area contributed by atoms with Crippen LogP contribution in [0, 0.1) is 0 Å². The van der Waals surface area contributed by atoms with Gasteiger partial charge in [-0.3, -0.25) is 4.57 Å². The largest absolute Gasteiger partial charge is 0.419 e. The molecule has 0 bridgehead atoms. The van der Waals surface area contributed by atoms with E-state index in [1.807, 2.05) is 17.9 Å². The second-order valence-electron chi connectivity index (χ2n) is 6.01. The topological polar surface area (TPSA) is 67.5 Å². The molecule has 1 aromatic heterocycles. The lowest BCUT2D eigenvalue weighted by Crippen LogP contribution is -2.39. The first-order chi connectivity index (χ1) is 11.6. The highest BCUT2D eigenvalue weighted by Crippen LogP contribution is 2.21. The fraction of sp³-hybridized carbons (Fsp3) is 0.444. The van der Waals surface area contributed by atoms with Crippen LogP contribution in [0.3, 0.4) is 0 Å². The number of aromatic nitrogens is 1. The molecule has 0 aliphatic carbocycles. The molecule has 24 heavy (non-hydrogen) atoms. The van der Waals surface area contributed by atoms with Crippen LogP contribution in [0.2, 0.25) is 0 Å². The lowest BCUT2D eigenvalue weighted by Gasteiger charge is -2.24. The predicted octanol–water partition coefficient (Wildman–Crippen LogP) is 3.58. The fourth-order valence-corrected chi connectivity index (χ4v) is 3.11. The van der Waals surface area contributed by atoms with E-state index in [1.165, 1.54) is 0 Å². The second kappa shape index (κ2) is 6.95. The molecule has 128 valence electrons. The Kier molecular flexibility index (Phi) is 4.74. The third kappa shape index (κ3) is 3.09. The summed E-state index contributed by atoms with van der Waals surface area (Å²) in [6, 6.07) is 5.33. The number of anilines is 1. The Balaban J connectivity index is 1.74. The third-order valence-electron chi connectivity index (χ3n) is 4.41. The first kappa shape index (κ1) is 16.4. The quantitative estimate of drug-likeness (QED) is 0.853. The summed E-state index contributed by atoms with van der Waals surface area (Å²) in [5, 5.41) is 2.90. The molecule has 1 aliphatic rings. The Morgan fingerprint density at radius 3 is 2.96 bits per heavy atom. The number of nitrogens with zero attached hydrogens (tertiary/aromatic N) is 2. The number of hydrogen-bond donors (Lipinski definition) is 1. The van der Waals surface area contributed by atoms with E-state index < -0.39 is 0 Å². The van der Waals surface area contributed by atoms with E-state index in [2.05, 4.69) is 18.3 Å². The zero-order chi connectivity index (χ0) is 17.1. The van der Waals surface area contributed by atoms with Crippen LogP contribution in [-0.2, 0) is 6.54 Å². The van der Waals surface area contributed by atoms with Gasteiger partial charge in [0.25, 0.3) is 0 Å². The second-order valence-corrected chi connectivity index (χ2v) is 6.01. The average molecular weight is 329 g/mol. The Bertz CT molecular complexity index is 819. The number of urea groups is 1. The summed E-state index contributed by atoms with van der Waals surface area (Å²) in [6.07, 6.45) is 7.32. The zero-order valence-electron chi connectivity index (χ0n) is 14.1. The number of fused-ring (bicyclic) bond motifs is 1. The van der Waals surface area contributed by atoms with Gasteiger partial charge in [0, 0.05) is 24.8 Å².